The summed E-state index contributed by atoms with van der Waals surface area (Å²) in [5.74, 6) is 2.20. The number of fused-ring (bicyclic) bond motifs is 4. The van der Waals surface area contributed by atoms with Crippen molar-refractivity contribution in [3.05, 3.63) is 141 Å². The van der Waals surface area contributed by atoms with E-state index in [-0.39, 0.29) is 12.2 Å². The van der Waals surface area contributed by atoms with Gasteiger partial charge in [-0.3, -0.25) is 0 Å². The molecule has 2 atom stereocenters. The minimum Gasteiger partial charge on any atom is -0.507 e. The molecule has 0 heterocycles. The van der Waals surface area contributed by atoms with Crippen molar-refractivity contribution in [3.63, 3.8) is 0 Å². The standard InChI is InChI=1S/C59H64O4/c1-36-29-50(58(60)52(31-36)56-44-21-9-5-17-40(44)34-41-18-6-10-22-45(41)56)48-25-13-15-27-54(48)62-38(3)33-39(4)63-55-28-16-14-26-49(55)51-30-37(2)32-53(59(51)61)57-46-23-11-7-19-42(46)35-43-20-8-12-24-47(43)57/h13-16,25-32,34-35,38-39,60-61H,5-12,17-24,33H2,1-4H3. The van der Waals surface area contributed by atoms with E-state index in [1.165, 1.54) is 107 Å². The molecule has 2 N–H and O–H groups in total. The third-order valence-electron chi connectivity index (χ3n) is 14.7. The van der Waals surface area contributed by atoms with Crippen LogP contribution >= 0.6 is 0 Å². The number of benzene rings is 6. The highest BCUT2D eigenvalue weighted by atomic mass is 16.5. The van der Waals surface area contributed by atoms with Gasteiger partial charge >= 0.3 is 0 Å². The number of hydrogen-bond acceptors (Lipinski definition) is 4. The Morgan fingerprint density at radius 2 is 0.730 bits per heavy atom. The van der Waals surface area contributed by atoms with Crippen LogP contribution in [0.1, 0.15) is 127 Å². The summed E-state index contributed by atoms with van der Waals surface area (Å²) in [5, 5.41) is 24.7. The zero-order valence-electron chi connectivity index (χ0n) is 38.0. The largest absolute Gasteiger partial charge is 0.507 e. The molecule has 0 saturated heterocycles. The third kappa shape index (κ3) is 8.04. The van der Waals surface area contributed by atoms with Crippen LogP contribution in [-0.2, 0) is 51.4 Å². The Kier molecular flexibility index (Phi) is 11.6. The molecule has 0 radical (unpaired) electrons. The van der Waals surface area contributed by atoms with Gasteiger partial charge in [-0.05, 0) is 234 Å². The number of ether oxygens (including phenoxy) is 2. The summed E-state index contributed by atoms with van der Waals surface area (Å²) in [6.07, 6.45) is 18.9. The third-order valence-corrected chi connectivity index (χ3v) is 14.7. The number of para-hydroxylation sites is 2. The SMILES string of the molecule is Cc1cc(-c2ccccc2OC(C)CC(C)Oc2ccccc2-c2cc(C)cc(-c3c4c(cc5c3CCCC5)CCCC4)c2O)c(O)c(-c2c3c(cc4c2CCCC4)CCCC3)c1. The Labute approximate surface area is 375 Å². The van der Waals surface area contributed by atoms with E-state index in [0.717, 1.165) is 107 Å². The maximum absolute atomic E-state index is 12.3. The molecule has 4 aliphatic rings. The predicted molar refractivity (Wildman–Crippen MR) is 259 cm³/mol. The highest BCUT2D eigenvalue weighted by Gasteiger charge is 2.29. The summed E-state index contributed by atoms with van der Waals surface area (Å²) in [6, 6.07) is 30.0. The molecule has 6 aromatic rings. The van der Waals surface area contributed by atoms with Gasteiger partial charge in [0.05, 0.1) is 12.2 Å². The van der Waals surface area contributed by atoms with Gasteiger partial charge in [0.25, 0.3) is 0 Å². The first-order chi connectivity index (χ1) is 30.7. The summed E-state index contributed by atoms with van der Waals surface area (Å²) in [6.45, 7) is 8.51. The van der Waals surface area contributed by atoms with Crippen molar-refractivity contribution in [2.45, 2.75) is 149 Å². The molecule has 2 unspecified atom stereocenters. The van der Waals surface area contributed by atoms with Crippen LogP contribution in [0.4, 0.5) is 0 Å². The lowest BCUT2D eigenvalue weighted by Crippen LogP contribution is -2.23. The topological polar surface area (TPSA) is 58.9 Å². The number of phenols is 2. The number of aryl methyl sites for hydroxylation is 6. The lowest BCUT2D eigenvalue weighted by molar-refractivity contribution is 0.131. The van der Waals surface area contributed by atoms with E-state index in [0.29, 0.717) is 17.9 Å². The molecule has 4 nitrogen and oxygen atoms in total. The van der Waals surface area contributed by atoms with E-state index in [1.54, 1.807) is 0 Å². The summed E-state index contributed by atoms with van der Waals surface area (Å²) in [5.41, 5.74) is 22.0. The van der Waals surface area contributed by atoms with Crippen molar-refractivity contribution in [1.82, 2.24) is 0 Å². The highest BCUT2D eigenvalue weighted by molar-refractivity contribution is 5.90. The second kappa shape index (κ2) is 17.6. The van der Waals surface area contributed by atoms with E-state index in [1.807, 2.05) is 36.4 Å². The fourth-order valence-corrected chi connectivity index (χ4v) is 11.9. The second-order valence-electron chi connectivity index (χ2n) is 19.4. The molecule has 324 valence electrons. The highest BCUT2D eigenvalue weighted by Crippen LogP contribution is 2.50. The summed E-state index contributed by atoms with van der Waals surface area (Å²) < 4.78 is 13.6. The van der Waals surface area contributed by atoms with Gasteiger partial charge in [-0.25, -0.2) is 0 Å². The van der Waals surface area contributed by atoms with E-state index in [2.05, 4.69) is 76.2 Å². The predicted octanol–water partition coefficient (Wildman–Crippen LogP) is 14.5. The Hall–Kier alpha value is -5.48. The second-order valence-corrected chi connectivity index (χ2v) is 19.4. The quantitative estimate of drug-likeness (QED) is 0.144. The van der Waals surface area contributed by atoms with Gasteiger partial charge in [0.15, 0.2) is 0 Å². The molecule has 6 aromatic carbocycles. The minimum atomic E-state index is -0.178. The lowest BCUT2D eigenvalue weighted by Gasteiger charge is -2.29. The van der Waals surface area contributed by atoms with Crippen LogP contribution < -0.4 is 9.47 Å². The normalized spacial score (nSPS) is 16.6. The number of phenolic OH excluding ortho intramolecular Hbond substituents is 2. The Balaban J connectivity index is 0.923. The van der Waals surface area contributed by atoms with Crippen molar-refractivity contribution in [2.24, 2.45) is 0 Å². The van der Waals surface area contributed by atoms with Crippen LogP contribution in [0, 0.1) is 13.8 Å². The first-order valence-electron chi connectivity index (χ1n) is 24.2. The fraction of sp³-hybridized carbons (Fsp3) is 0.390. The van der Waals surface area contributed by atoms with Crippen LogP contribution in [0.3, 0.4) is 0 Å². The van der Waals surface area contributed by atoms with Gasteiger partial charge in [0, 0.05) is 39.8 Å². The Morgan fingerprint density at radius 1 is 0.413 bits per heavy atom. The monoisotopic (exact) mass is 836 g/mol. The molecule has 63 heavy (non-hydrogen) atoms. The number of hydrogen-bond donors (Lipinski definition) is 2. The van der Waals surface area contributed by atoms with Crippen LogP contribution in [0.5, 0.6) is 23.0 Å². The molecular formula is C59H64O4. The van der Waals surface area contributed by atoms with E-state index in [9.17, 15) is 10.2 Å². The molecular weight excluding hydrogens is 773 g/mol. The minimum absolute atomic E-state index is 0.178. The van der Waals surface area contributed by atoms with Crippen LogP contribution in [-0.4, -0.2) is 22.4 Å². The molecule has 0 aliphatic heterocycles. The number of rotatable bonds is 10. The zero-order valence-corrected chi connectivity index (χ0v) is 38.0. The average Bonchev–Trinajstić information content (AvgIpc) is 3.29. The molecule has 0 spiro atoms. The maximum atomic E-state index is 12.3. The Bertz CT molecular complexity index is 2450. The number of aromatic hydroxyl groups is 2. The zero-order chi connectivity index (χ0) is 43.2. The van der Waals surface area contributed by atoms with Gasteiger partial charge in [0.2, 0.25) is 0 Å². The van der Waals surface area contributed by atoms with Gasteiger partial charge in [0.1, 0.15) is 23.0 Å². The van der Waals surface area contributed by atoms with E-state index in [4.69, 9.17) is 9.47 Å². The summed E-state index contributed by atoms with van der Waals surface area (Å²) >= 11 is 0. The van der Waals surface area contributed by atoms with Crippen LogP contribution in [0.2, 0.25) is 0 Å². The van der Waals surface area contributed by atoms with Gasteiger partial charge in [-0.1, -0.05) is 48.5 Å². The molecule has 4 heteroatoms. The molecule has 0 amide bonds. The van der Waals surface area contributed by atoms with Crippen molar-refractivity contribution in [2.75, 3.05) is 0 Å². The first-order valence-corrected chi connectivity index (χ1v) is 24.2. The van der Waals surface area contributed by atoms with Crippen LogP contribution in [0.25, 0.3) is 44.5 Å². The Morgan fingerprint density at radius 3 is 1.10 bits per heavy atom. The van der Waals surface area contributed by atoms with Crippen molar-refractivity contribution >= 4 is 0 Å². The molecule has 0 saturated carbocycles. The van der Waals surface area contributed by atoms with Gasteiger partial charge < -0.3 is 19.7 Å². The average molecular weight is 837 g/mol. The van der Waals surface area contributed by atoms with E-state index >= 15 is 0 Å². The summed E-state index contributed by atoms with van der Waals surface area (Å²) in [7, 11) is 0. The molecule has 10 rings (SSSR count). The smallest absolute Gasteiger partial charge is 0.131 e. The molecule has 4 aliphatic carbocycles. The van der Waals surface area contributed by atoms with E-state index < -0.39 is 0 Å². The van der Waals surface area contributed by atoms with Crippen molar-refractivity contribution < 1.29 is 19.7 Å². The summed E-state index contributed by atoms with van der Waals surface area (Å²) in [4.78, 5) is 0. The van der Waals surface area contributed by atoms with Gasteiger partial charge in [-0.2, -0.15) is 0 Å². The molecule has 0 aromatic heterocycles. The molecule has 0 bridgehead atoms. The maximum Gasteiger partial charge on any atom is 0.131 e. The molecule has 0 fully saturated rings. The van der Waals surface area contributed by atoms with Crippen molar-refractivity contribution in [3.8, 4) is 67.5 Å². The van der Waals surface area contributed by atoms with Crippen LogP contribution in [0.15, 0.2) is 84.9 Å². The lowest BCUT2D eigenvalue weighted by atomic mass is 9.76. The van der Waals surface area contributed by atoms with Gasteiger partial charge in [-0.15, -0.1) is 0 Å². The van der Waals surface area contributed by atoms with Crippen molar-refractivity contribution in [1.29, 1.82) is 0 Å². The first kappa shape index (κ1) is 41.5. The fourth-order valence-electron chi connectivity index (χ4n) is 11.9.